The molecule has 192 valence electrons. The molecular formula is C27H25BrClN3O5. The van der Waals surface area contributed by atoms with Crippen LogP contribution in [0.1, 0.15) is 29.5 Å². The second-order valence-electron chi connectivity index (χ2n) is 9.16. The summed E-state index contributed by atoms with van der Waals surface area (Å²) < 4.78 is 12.6. The van der Waals surface area contributed by atoms with Crippen LogP contribution in [-0.4, -0.2) is 42.0 Å². The predicted octanol–water partition coefficient (Wildman–Crippen LogP) is 5.60. The highest BCUT2D eigenvalue weighted by Crippen LogP contribution is 2.53. The molecule has 10 heteroatoms. The molecular weight excluding hydrogens is 562 g/mol. The Morgan fingerprint density at radius 3 is 2.62 bits per heavy atom. The second-order valence-corrected chi connectivity index (χ2v) is 10.5. The Morgan fingerprint density at radius 1 is 1.19 bits per heavy atom. The molecule has 2 heterocycles. The quantitative estimate of drug-likeness (QED) is 0.286. The smallest absolute Gasteiger partial charge is 0.256 e. The van der Waals surface area contributed by atoms with Gasteiger partial charge in [0, 0.05) is 27.7 Å². The van der Waals surface area contributed by atoms with E-state index in [2.05, 4.69) is 21.2 Å². The summed E-state index contributed by atoms with van der Waals surface area (Å²) in [6.07, 6.45) is 0. The van der Waals surface area contributed by atoms with Gasteiger partial charge >= 0.3 is 0 Å². The third-order valence-corrected chi connectivity index (χ3v) is 7.94. The van der Waals surface area contributed by atoms with Gasteiger partial charge in [-0.15, -0.1) is 0 Å². The summed E-state index contributed by atoms with van der Waals surface area (Å²) >= 11 is 9.58. The van der Waals surface area contributed by atoms with Crippen LogP contribution in [0.25, 0.3) is 0 Å². The van der Waals surface area contributed by atoms with Crippen LogP contribution >= 0.6 is 27.5 Å². The molecule has 2 aliphatic heterocycles. The van der Waals surface area contributed by atoms with Gasteiger partial charge in [-0.1, -0.05) is 41.9 Å². The Bertz CT molecular complexity index is 1370. The molecule has 1 fully saturated rings. The second kappa shape index (κ2) is 9.96. The number of para-hydroxylation sites is 1. The van der Waals surface area contributed by atoms with Crippen LogP contribution in [0.4, 0.5) is 5.69 Å². The standard InChI is InChI=1S/C27H25BrClN3O5/c1-3-36-23-13-17(12-21(28)24(23)37-15-16-8-10-18(29)11-9-16)19-14-31(2)27(25(19)32(34)35)20-6-4-5-7-22(20)30-26(27)33/h4-13,19,25H,3,14-15H2,1-2H3,(H,30,33)/t19-,25-,27-/m0/s1. The van der Waals surface area contributed by atoms with E-state index in [0.29, 0.717) is 57.6 Å². The Hall–Kier alpha value is -3.14. The molecule has 8 nitrogen and oxygen atoms in total. The number of nitro groups is 1. The molecule has 5 rings (SSSR count). The molecule has 0 saturated carbocycles. The maximum atomic E-state index is 13.4. The zero-order valence-electron chi connectivity index (χ0n) is 20.2. The van der Waals surface area contributed by atoms with Crippen molar-refractivity contribution in [3.63, 3.8) is 0 Å². The number of hydrogen-bond acceptors (Lipinski definition) is 6. The lowest BCUT2D eigenvalue weighted by Crippen LogP contribution is -2.54. The number of likely N-dealkylation sites (tertiary alicyclic amines) is 1. The van der Waals surface area contributed by atoms with Crippen molar-refractivity contribution in [3.05, 3.63) is 97.0 Å². The Labute approximate surface area is 227 Å². The van der Waals surface area contributed by atoms with Crippen LogP contribution in [0.3, 0.4) is 0 Å². The molecule has 0 unspecified atom stereocenters. The maximum absolute atomic E-state index is 13.4. The van der Waals surface area contributed by atoms with Gasteiger partial charge in [-0.3, -0.25) is 19.8 Å². The van der Waals surface area contributed by atoms with E-state index >= 15 is 0 Å². The predicted molar refractivity (Wildman–Crippen MR) is 144 cm³/mol. The van der Waals surface area contributed by atoms with Gasteiger partial charge in [0.2, 0.25) is 0 Å². The van der Waals surface area contributed by atoms with Crippen LogP contribution in [0.5, 0.6) is 11.5 Å². The molecule has 0 bridgehead atoms. The van der Waals surface area contributed by atoms with Crippen LogP contribution < -0.4 is 14.8 Å². The van der Waals surface area contributed by atoms with Gasteiger partial charge in [0.15, 0.2) is 17.0 Å². The van der Waals surface area contributed by atoms with Crippen LogP contribution in [0.2, 0.25) is 5.02 Å². The van der Waals surface area contributed by atoms with Crippen molar-refractivity contribution in [3.8, 4) is 11.5 Å². The van der Waals surface area contributed by atoms with Crippen molar-refractivity contribution in [2.45, 2.75) is 31.0 Å². The lowest BCUT2D eigenvalue weighted by molar-refractivity contribution is -0.534. The average molecular weight is 587 g/mol. The monoisotopic (exact) mass is 585 g/mol. The summed E-state index contributed by atoms with van der Waals surface area (Å²) in [6, 6.07) is 16.9. The maximum Gasteiger partial charge on any atom is 0.256 e. The minimum absolute atomic E-state index is 0.291. The summed E-state index contributed by atoms with van der Waals surface area (Å²) in [5.41, 5.74) is 1.44. The molecule has 0 aliphatic carbocycles. The first-order chi connectivity index (χ1) is 17.8. The van der Waals surface area contributed by atoms with Gasteiger partial charge in [-0.25, -0.2) is 0 Å². The highest BCUT2D eigenvalue weighted by atomic mass is 79.9. The molecule has 1 N–H and O–H groups in total. The summed E-state index contributed by atoms with van der Waals surface area (Å²) in [6.45, 7) is 2.85. The first-order valence-electron chi connectivity index (χ1n) is 11.9. The Kier molecular flexibility index (Phi) is 6.87. The highest BCUT2D eigenvalue weighted by molar-refractivity contribution is 9.10. The number of ether oxygens (including phenoxy) is 2. The van der Waals surface area contributed by atoms with E-state index in [0.717, 1.165) is 5.56 Å². The van der Waals surface area contributed by atoms with E-state index in [1.807, 2.05) is 25.1 Å². The first kappa shape index (κ1) is 25.5. The molecule has 3 aromatic carbocycles. The van der Waals surface area contributed by atoms with E-state index < -0.39 is 17.5 Å². The average Bonchev–Trinajstić information content (AvgIpc) is 3.34. The fourth-order valence-corrected chi connectivity index (χ4v) is 6.22. The number of nitrogens with one attached hydrogen (secondary N) is 1. The number of fused-ring (bicyclic) bond motifs is 2. The summed E-state index contributed by atoms with van der Waals surface area (Å²) in [5.74, 6) is 0.0242. The van der Waals surface area contributed by atoms with Crippen LogP contribution in [-0.2, 0) is 16.9 Å². The van der Waals surface area contributed by atoms with Gasteiger partial charge in [-0.2, -0.15) is 0 Å². The number of likely N-dealkylation sites (N-methyl/N-ethyl adjacent to an activating group) is 1. The topological polar surface area (TPSA) is 93.9 Å². The van der Waals surface area contributed by atoms with Crippen molar-refractivity contribution in [1.29, 1.82) is 0 Å². The van der Waals surface area contributed by atoms with Crippen molar-refractivity contribution >= 4 is 39.1 Å². The number of anilines is 1. The van der Waals surface area contributed by atoms with E-state index in [1.54, 1.807) is 54.4 Å². The lowest BCUT2D eigenvalue weighted by atomic mass is 9.79. The van der Waals surface area contributed by atoms with Crippen molar-refractivity contribution in [2.24, 2.45) is 0 Å². The largest absolute Gasteiger partial charge is 0.490 e. The van der Waals surface area contributed by atoms with Crippen molar-refractivity contribution in [2.75, 3.05) is 25.5 Å². The Morgan fingerprint density at radius 2 is 1.92 bits per heavy atom. The number of carbonyl (C=O) groups is 1. The van der Waals surface area contributed by atoms with Crippen LogP contribution in [0, 0.1) is 10.1 Å². The highest BCUT2D eigenvalue weighted by Gasteiger charge is 2.68. The van der Waals surface area contributed by atoms with Gasteiger partial charge in [0.1, 0.15) is 6.61 Å². The summed E-state index contributed by atoms with van der Waals surface area (Å²) in [7, 11) is 1.76. The van der Waals surface area contributed by atoms with Gasteiger partial charge in [0.25, 0.3) is 11.9 Å². The van der Waals surface area contributed by atoms with E-state index in [-0.39, 0.29) is 10.8 Å². The Balaban J connectivity index is 1.53. The normalized spacial score (nSPS) is 22.6. The molecule has 1 saturated heterocycles. The zero-order chi connectivity index (χ0) is 26.3. The van der Waals surface area contributed by atoms with Crippen molar-refractivity contribution in [1.82, 2.24) is 4.90 Å². The lowest BCUT2D eigenvalue weighted by Gasteiger charge is -2.30. The molecule has 3 atom stereocenters. The van der Waals surface area contributed by atoms with E-state index in [9.17, 15) is 14.9 Å². The molecule has 1 amide bonds. The van der Waals surface area contributed by atoms with E-state index in [4.69, 9.17) is 21.1 Å². The molecule has 0 aromatic heterocycles. The summed E-state index contributed by atoms with van der Waals surface area (Å²) in [5, 5.41) is 16.1. The number of amides is 1. The zero-order valence-corrected chi connectivity index (χ0v) is 22.6. The minimum Gasteiger partial charge on any atom is -0.490 e. The van der Waals surface area contributed by atoms with Gasteiger partial charge < -0.3 is 14.8 Å². The fourth-order valence-electron chi connectivity index (χ4n) is 5.52. The summed E-state index contributed by atoms with van der Waals surface area (Å²) in [4.78, 5) is 27.5. The number of carbonyl (C=O) groups excluding carboxylic acids is 1. The molecule has 3 aromatic rings. The molecule has 37 heavy (non-hydrogen) atoms. The first-order valence-corrected chi connectivity index (χ1v) is 13.0. The number of halogens is 2. The van der Waals surface area contributed by atoms with Gasteiger partial charge in [-0.05, 0) is 71.4 Å². The van der Waals surface area contributed by atoms with Gasteiger partial charge in [0.05, 0.1) is 17.0 Å². The number of rotatable bonds is 7. The minimum atomic E-state index is -1.41. The molecule has 0 radical (unpaired) electrons. The number of benzene rings is 3. The number of nitrogens with zero attached hydrogens (tertiary/aromatic N) is 2. The molecule has 1 spiro atoms. The van der Waals surface area contributed by atoms with Crippen LogP contribution in [0.15, 0.2) is 65.1 Å². The third kappa shape index (κ3) is 4.24. The third-order valence-electron chi connectivity index (χ3n) is 7.10. The van der Waals surface area contributed by atoms with E-state index in [1.165, 1.54) is 0 Å². The number of hydrogen-bond donors (Lipinski definition) is 1. The SMILES string of the molecule is CCOc1cc([C@@H]2CN(C)[C@]3(C(=O)Nc4ccccc43)[C@H]2[N+](=O)[O-])cc(Br)c1OCc1ccc(Cl)cc1. The molecule has 2 aliphatic rings. The fraction of sp³-hybridized carbons (Fsp3) is 0.296. The van der Waals surface area contributed by atoms with Crippen molar-refractivity contribution < 1.29 is 19.2 Å².